The number of amides is 2. The molecule has 0 bridgehead atoms. The van der Waals surface area contributed by atoms with Crippen LogP contribution in [0.3, 0.4) is 0 Å². The van der Waals surface area contributed by atoms with Crippen LogP contribution in [0.1, 0.15) is 27.2 Å². The maximum absolute atomic E-state index is 11.9. The quantitative estimate of drug-likeness (QED) is 0.788. The predicted octanol–water partition coefficient (Wildman–Crippen LogP) is 1.34. The molecule has 1 heterocycles. The number of carbonyl (C=O) groups excluding carboxylic acids is 1. The average Bonchev–Trinajstić information content (AvgIpc) is 2.65. The molecule has 2 N–H and O–H groups in total. The molecule has 2 amide bonds. The lowest BCUT2D eigenvalue weighted by Gasteiger charge is -2.29. The van der Waals surface area contributed by atoms with E-state index in [4.69, 9.17) is 5.11 Å². The SMILES string of the molecule is CCC(C)(C)NC(=O)N1CSCC1C(=O)O. The Morgan fingerprint density at radius 3 is 2.69 bits per heavy atom. The first kappa shape index (κ1) is 13.2. The highest BCUT2D eigenvalue weighted by Gasteiger charge is 2.35. The third-order valence-electron chi connectivity index (χ3n) is 2.76. The average molecular weight is 246 g/mol. The number of hydrogen-bond acceptors (Lipinski definition) is 3. The second-order valence-electron chi connectivity index (χ2n) is 4.49. The number of carboxylic acids is 1. The lowest BCUT2D eigenvalue weighted by Crippen LogP contribution is -2.53. The summed E-state index contributed by atoms with van der Waals surface area (Å²) in [7, 11) is 0. The van der Waals surface area contributed by atoms with Crippen molar-refractivity contribution in [2.75, 3.05) is 11.6 Å². The predicted molar refractivity (Wildman–Crippen MR) is 63.5 cm³/mol. The summed E-state index contributed by atoms with van der Waals surface area (Å²) in [6.45, 7) is 5.82. The smallest absolute Gasteiger partial charge is 0.327 e. The Kier molecular flexibility index (Phi) is 4.07. The van der Waals surface area contributed by atoms with Gasteiger partial charge in [-0.05, 0) is 20.3 Å². The fourth-order valence-corrected chi connectivity index (χ4v) is 2.44. The van der Waals surface area contributed by atoms with Crippen LogP contribution in [0.4, 0.5) is 4.79 Å². The molecule has 92 valence electrons. The molecule has 1 fully saturated rings. The molecule has 0 aromatic rings. The van der Waals surface area contributed by atoms with Gasteiger partial charge in [0.2, 0.25) is 0 Å². The van der Waals surface area contributed by atoms with E-state index in [0.29, 0.717) is 11.6 Å². The zero-order valence-corrected chi connectivity index (χ0v) is 10.6. The largest absolute Gasteiger partial charge is 0.480 e. The first-order valence-electron chi connectivity index (χ1n) is 5.26. The van der Waals surface area contributed by atoms with Gasteiger partial charge >= 0.3 is 12.0 Å². The molecule has 1 rings (SSSR count). The standard InChI is InChI=1S/C10H18N2O3S/c1-4-10(2,3)11-9(15)12-6-16-5-7(12)8(13)14/h7H,4-6H2,1-3H3,(H,11,15)(H,13,14). The van der Waals surface area contributed by atoms with Crippen molar-refractivity contribution in [2.45, 2.75) is 38.8 Å². The lowest BCUT2D eigenvalue weighted by molar-refractivity contribution is -0.140. The van der Waals surface area contributed by atoms with Gasteiger partial charge in [0, 0.05) is 11.3 Å². The normalized spacial score (nSPS) is 20.9. The Morgan fingerprint density at radius 2 is 2.19 bits per heavy atom. The van der Waals surface area contributed by atoms with Crippen molar-refractivity contribution in [1.82, 2.24) is 10.2 Å². The molecule has 5 nitrogen and oxygen atoms in total. The molecule has 1 unspecified atom stereocenters. The second kappa shape index (κ2) is 4.95. The molecular formula is C10H18N2O3S. The highest BCUT2D eigenvalue weighted by atomic mass is 32.2. The number of thioether (sulfide) groups is 1. The first-order chi connectivity index (χ1) is 7.37. The highest BCUT2D eigenvalue weighted by molar-refractivity contribution is 7.99. The van der Waals surface area contributed by atoms with Gasteiger partial charge < -0.3 is 15.3 Å². The van der Waals surface area contributed by atoms with Crippen LogP contribution in [0.15, 0.2) is 0 Å². The number of hydrogen-bond donors (Lipinski definition) is 2. The van der Waals surface area contributed by atoms with Crippen LogP contribution in [0.2, 0.25) is 0 Å². The van der Waals surface area contributed by atoms with Gasteiger partial charge in [0.1, 0.15) is 6.04 Å². The fourth-order valence-electron chi connectivity index (χ4n) is 1.30. The van der Waals surface area contributed by atoms with E-state index in [1.54, 1.807) is 0 Å². The summed E-state index contributed by atoms with van der Waals surface area (Å²) in [6.07, 6.45) is 0.803. The van der Waals surface area contributed by atoms with E-state index in [-0.39, 0.29) is 11.6 Å². The molecule has 1 saturated heterocycles. The summed E-state index contributed by atoms with van der Waals surface area (Å²) in [5, 5.41) is 11.8. The maximum Gasteiger partial charge on any atom is 0.327 e. The minimum absolute atomic E-state index is 0.288. The first-order valence-corrected chi connectivity index (χ1v) is 6.42. The van der Waals surface area contributed by atoms with E-state index < -0.39 is 12.0 Å². The van der Waals surface area contributed by atoms with Gasteiger partial charge in [0.15, 0.2) is 0 Å². The molecule has 0 saturated carbocycles. The summed E-state index contributed by atoms with van der Waals surface area (Å²) >= 11 is 1.46. The van der Waals surface area contributed by atoms with Crippen molar-refractivity contribution in [3.63, 3.8) is 0 Å². The molecule has 0 radical (unpaired) electrons. The van der Waals surface area contributed by atoms with E-state index in [2.05, 4.69) is 5.32 Å². The molecule has 6 heteroatoms. The number of urea groups is 1. The van der Waals surface area contributed by atoms with Crippen LogP contribution >= 0.6 is 11.8 Å². The second-order valence-corrected chi connectivity index (χ2v) is 5.49. The molecule has 1 aliphatic heterocycles. The third kappa shape index (κ3) is 3.04. The van der Waals surface area contributed by atoms with Gasteiger partial charge in [-0.2, -0.15) is 0 Å². The van der Waals surface area contributed by atoms with E-state index >= 15 is 0 Å². The molecular weight excluding hydrogens is 228 g/mol. The van der Waals surface area contributed by atoms with Crippen LogP contribution in [0.25, 0.3) is 0 Å². The van der Waals surface area contributed by atoms with Crippen molar-refractivity contribution in [1.29, 1.82) is 0 Å². The minimum atomic E-state index is -0.936. The van der Waals surface area contributed by atoms with E-state index in [9.17, 15) is 9.59 Å². The van der Waals surface area contributed by atoms with Crippen LogP contribution in [0.5, 0.6) is 0 Å². The van der Waals surface area contributed by atoms with Crippen molar-refractivity contribution >= 4 is 23.8 Å². The van der Waals surface area contributed by atoms with Gasteiger partial charge in [0.25, 0.3) is 0 Å². The van der Waals surface area contributed by atoms with Gasteiger partial charge in [-0.1, -0.05) is 6.92 Å². The molecule has 0 aliphatic carbocycles. The number of rotatable bonds is 3. The zero-order chi connectivity index (χ0) is 12.3. The monoisotopic (exact) mass is 246 g/mol. The van der Waals surface area contributed by atoms with Crippen molar-refractivity contribution in [3.8, 4) is 0 Å². The van der Waals surface area contributed by atoms with Gasteiger partial charge in [-0.3, -0.25) is 0 Å². The van der Waals surface area contributed by atoms with E-state index in [1.165, 1.54) is 16.7 Å². The van der Waals surface area contributed by atoms with Crippen LogP contribution in [-0.4, -0.2) is 45.2 Å². The summed E-state index contributed by atoms with van der Waals surface area (Å²) in [5.41, 5.74) is -0.298. The Balaban J connectivity index is 2.63. The Bertz CT molecular complexity index is 294. The molecule has 0 aromatic heterocycles. The summed E-state index contributed by atoms with van der Waals surface area (Å²) < 4.78 is 0. The topological polar surface area (TPSA) is 69.6 Å². The molecule has 1 atom stereocenters. The molecule has 1 aliphatic rings. The Labute approximate surface area is 99.6 Å². The number of carbonyl (C=O) groups is 2. The van der Waals surface area contributed by atoms with Gasteiger partial charge in [-0.25, -0.2) is 9.59 Å². The number of aliphatic carboxylic acids is 1. The highest BCUT2D eigenvalue weighted by Crippen LogP contribution is 2.21. The summed E-state index contributed by atoms with van der Waals surface area (Å²) in [6, 6.07) is -0.984. The van der Waals surface area contributed by atoms with Crippen LogP contribution in [0, 0.1) is 0 Å². The van der Waals surface area contributed by atoms with Crippen LogP contribution < -0.4 is 5.32 Å². The van der Waals surface area contributed by atoms with Gasteiger partial charge in [-0.15, -0.1) is 11.8 Å². The Morgan fingerprint density at radius 1 is 1.56 bits per heavy atom. The third-order valence-corrected chi connectivity index (χ3v) is 3.77. The summed E-state index contributed by atoms with van der Waals surface area (Å²) in [4.78, 5) is 24.2. The number of nitrogens with one attached hydrogen (secondary N) is 1. The lowest BCUT2D eigenvalue weighted by atomic mass is 10.0. The Hall–Kier alpha value is -0.910. The van der Waals surface area contributed by atoms with E-state index in [0.717, 1.165) is 6.42 Å². The van der Waals surface area contributed by atoms with Crippen molar-refractivity contribution < 1.29 is 14.7 Å². The molecule has 16 heavy (non-hydrogen) atoms. The maximum atomic E-state index is 11.9. The molecule has 0 spiro atoms. The fraction of sp³-hybridized carbons (Fsp3) is 0.800. The summed E-state index contributed by atoms with van der Waals surface area (Å²) in [5.74, 6) is -0.0211. The van der Waals surface area contributed by atoms with Gasteiger partial charge in [0.05, 0.1) is 5.88 Å². The molecule has 0 aromatic carbocycles. The minimum Gasteiger partial charge on any atom is -0.480 e. The number of nitrogens with zero attached hydrogens (tertiary/aromatic N) is 1. The number of carboxylic acid groups (broad SMARTS) is 1. The van der Waals surface area contributed by atoms with E-state index in [1.807, 2.05) is 20.8 Å². The van der Waals surface area contributed by atoms with Crippen LogP contribution in [-0.2, 0) is 4.79 Å². The van der Waals surface area contributed by atoms with Crippen molar-refractivity contribution in [2.24, 2.45) is 0 Å². The zero-order valence-electron chi connectivity index (χ0n) is 9.82. The van der Waals surface area contributed by atoms with Crippen molar-refractivity contribution in [3.05, 3.63) is 0 Å².